The minimum Gasteiger partial charge on any atom is -0.457 e. The molecule has 4 rings (SSSR count). The molecule has 0 bridgehead atoms. The second-order valence-electron chi connectivity index (χ2n) is 8.30. The first-order chi connectivity index (χ1) is 15.8. The summed E-state index contributed by atoms with van der Waals surface area (Å²) in [6.07, 6.45) is 3.58. The van der Waals surface area contributed by atoms with Crippen LogP contribution in [-0.2, 0) is 9.53 Å². The summed E-state index contributed by atoms with van der Waals surface area (Å²) in [7, 11) is 0. The van der Waals surface area contributed by atoms with Gasteiger partial charge in [-0.15, -0.1) is 0 Å². The Kier molecular flexibility index (Phi) is 6.39. The van der Waals surface area contributed by atoms with Crippen LogP contribution in [0.1, 0.15) is 72.8 Å². The predicted octanol–water partition coefficient (Wildman–Crippen LogP) is 2.36. The van der Waals surface area contributed by atoms with E-state index in [0.717, 1.165) is 23.3 Å². The predicted molar refractivity (Wildman–Crippen MR) is 117 cm³/mol. The quantitative estimate of drug-likeness (QED) is 0.374. The molecule has 0 spiro atoms. The molecule has 1 saturated heterocycles. The first-order valence-corrected chi connectivity index (χ1v) is 11.0. The average molecular weight is 451 g/mol. The molecule has 3 amide bonds. The van der Waals surface area contributed by atoms with Crippen molar-refractivity contribution in [3.63, 3.8) is 0 Å². The molecule has 0 unspecified atom stereocenters. The van der Waals surface area contributed by atoms with Crippen molar-refractivity contribution in [1.29, 1.82) is 0 Å². The Morgan fingerprint density at radius 3 is 2.52 bits per heavy atom. The topological polar surface area (TPSA) is 117 Å². The van der Waals surface area contributed by atoms with Crippen molar-refractivity contribution in [3.8, 4) is 0 Å². The summed E-state index contributed by atoms with van der Waals surface area (Å²) in [5.74, 6) is -1.90. The van der Waals surface area contributed by atoms with E-state index >= 15 is 0 Å². The molecule has 3 heterocycles. The van der Waals surface area contributed by atoms with Crippen LogP contribution in [0.2, 0.25) is 0 Å². The van der Waals surface area contributed by atoms with Crippen LogP contribution in [-0.4, -0.2) is 70.5 Å². The number of nitrogens with zero attached hydrogens (tertiary/aromatic N) is 2. The third-order valence-electron chi connectivity index (χ3n) is 5.88. The molecule has 1 fully saturated rings. The van der Waals surface area contributed by atoms with Gasteiger partial charge in [-0.1, -0.05) is 11.6 Å². The van der Waals surface area contributed by atoms with Crippen LogP contribution in [0.15, 0.2) is 30.5 Å². The van der Waals surface area contributed by atoms with Gasteiger partial charge >= 0.3 is 5.97 Å². The zero-order valence-electron chi connectivity index (χ0n) is 18.4. The van der Waals surface area contributed by atoms with Gasteiger partial charge in [-0.3, -0.25) is 28.9 Å². The van der Waals surface area contributed by atoms with Gasteiger partial charge in [0.25, 0.3) is 17.7 Å². The van der Waals surface area contributed by atoms with Crippen molar-refractivity contribution in [2.45, 2.75) is 32.6 Å². The maximum atomic E-state index is 12.5. The summed E-state index contributed by atoms with van der Waals surface area (Å²) in [5, 5.41) is 0. The van der Waals surface area contributed by atoms with Crippen molar-refractivity contribution in [1.82, 2.24) is 14.8 Å². The number of carbonyl (C=O) groups excluding carboxylic acids is 5. The maximum Gasteiger partial charge on any atom is 0.306 e. The highest BCUT2D eigenvalue weighted by Gasteiger charge is 2.35. The third kappa shape index (κ3) is 4.72. The van der Waals surface area contributed by atoms with Crippen LogP contribution in [0.3, 0.4) is 0 Å². The van der Waals surface area contributed by atoms with E-state index in [1.165, 1.54) is 12.3 Å². The van der Waals surface area contributed by atoms with Gasteiger partial charge in [0.2, 0.25) is 5.78 Å². The summed E-state index contributed by atoms with van der Waals surface area (Å²) >= 11 is 0. The van der Waals surface area contributed by atoms with Crippen LogP contribution in [0, 0.1) is 6.92 Å². The summed E-state index contributed by atoms with van der Waals surface area (Å²) in [6.45, 7) is 2.91. The van der Waals surface area contributed by atoms with Crippen LogP contribution >= 0.6 is 0 Å². The highest BCUT2D eigenvalue weighted by atomic mass is 16.5. The summed E-state index contributed by atoms with van der Waals surface area (Å²) in [5.41, 5.74) is 2.24. The number of esters is 1. The second-order valence-corrected chi connectivity index (χ2v) is 8.30. The molecule has 0 saturated carbocycles. The number of amides is 3. The summed E-state index contributed by atoms with van der Waals surface area (Å²) < 4.78 is 5.04. The van der Waals surface area contributed by atoms with Crippen LogP contribution in [0.25, 0.3) is 0 Å². The van der Waals surface area contributed by atoms with Gasteiger partial charge in [0.1, 0.15) is 5.69 Å². The van der Waals surface area contributed by atoms with Gasteiger partial charge < -0.3 is 14.6 Å². The van der Waals surface area contributed by atoms with Crippen molar-refractivity contribution in [2.75, 3.05) is 26.2 Å². The van der Waals surface area contributed by atoms with Gasteiger partial charge in [-0.2, -0.15) is 0 Å². The number of aryl methyl sites for hydroxylation is 1. The monoisotopic (exact) mass is 451 g/mol. The molecule has 0 atom stereocenters. The van der Waals surface area contributed by atoms with E-state index < -0.39 is 18.4 Å². The lowest BCUT2D eigenvalue weighted by Gasteiger charge is -2.13. The number of carbonyl (C=O) groups is 5. The van der Waals surface area contributed by atoms with Crippen molar-refractivity contribution >= 4 is 29.5 Å². The molecule has 1 aromatic carbocycles. The lowest BCUT2D eigenvalue weighted by molar-refractivity contribution is -0.142. The summed E-state index contributed by atoms with van der Waals surface area (Å²) in [6, 6.07) is 6.56. The molecule has 1 aromatic heterocycles. The van der Waals surface area contributed by atoms with E-state index in [0.29, 0.717) is 29.9 Å². The molecule has 2 aliphatic heterocycles. The number of aromatic nitrogens is 1. The van der Waals surface area contributed by atoms with E-state index in [1.807, 2.05) is 6.92 Å². The maximum absolute atomic E-state index is 12.5. The molecular weight excluding hydrogens is 426 g/mol. The second kappa shape index (κ2) is 9.40. The lowest BCUT2D eigenvalue weighted by Crippen LogP contribution is -2.31. The van der Waals surface area contributed by atoms with E-state index in [1.54, 1.807) is 23.1 Å². The normalized spacial score (nSPS) is 15.2. The fourth-order valence-electron chi connectivity index (χ4n) is 4.06. The Bertz CT molecular complexity index is 1130. The highest BCUT2D eigenvalue weighted by Crippen LogP contribution is 2.24. The number of ether oxygens (including phenoxy) is 1. The number of rotatable bonds is 8. The Balaban J connectivity index is 1.22. The van der Waals surface area contributed by atoms with Crippen LogP contribution < -0.4 is 0 Å². The molecule has 2 aromatic rings. The molecule has 172 valence electrons. The number of hydrogen-bond donors (Lipinski definition) is 1. The van der Waals surface area contributed by atoms with Crippen molar-refractivity contribution in [2.24, 2.45) is 0 Å². The standard InChI is InChI=1S/C24H25N3O6/c1-15-6-7-17-18(11-15)23(31)27(22(17)30)10-4-5-21(29)33-14-20(28)16-12-19(25-13-16)24(32)26-8-2-3-9-26/h6-7,11-13,25H,2-5,8-10,14H2,1H3. The SMILES string of the molecule is Cc1ccc2c(c1)C(=O)N(CCCC(=O)OCC(=O)c1c[nH]c(C(=O)N3CCCC3)c1)C2=O. The number of nitrogens with one attached hydrogen (secondary N) is 1. The van der Waals surface area contributed by atoms with Gasteiger partial charge in [0, 0.05) is 37.8 Å². The van der Waals surface area contributed by atoms with Crippen molar-refractivity contribution in [3.05, 3.63) is 58.4 Å². The average Bonchev–Trinajstić information content (AvgIpc) is 3.55. The highest BCUT2D eigenvalue weighted by molar-refractivity contribution is 6.21. The molecule has 0 aliphatic carbocycles. The van der Waals surface area contributed by atoms with E-state index in [9.17, 15) is 24.0 Å². The number of hydrogen-bond acceptors (Lipinski definition) is 6. The minimum absolute atomic E-state index is 0.0362. The Morgan fingerprint density at radius 2 is 1.76 bits per heavy atom. The van der Waals surface area contributed by atoms with Gasteiger partial charge in [0.15, 0.2) is 6.61 Å². The largest absolute Gasteiger partial charge is 0.457 e. The molecule has 9 nitrogen and oxygen atoms in total. The molecule has 1 N–H and O–H groups in total. The molecule has 9 heteroatoms. The number of Topliss-reactive ketones (excluding diaryl/α,β-unsaturated/α-hetero) is 1. The number of ketones is 1. The van der Waals surface area contributed by atoms with Gasteiger partial charge in [-0.05, 0) is 44.4 Å². The number of likely N-dealkylation sites (tertiary alicyclic amines) is 1. The molecule has 2 aliphatic rings. The number of H-pyrrole nitrogens is 1. The number of imide groups is 1. The van der Waals surface area contributed by atoms with Crippen LogP contribution in [0.5, 0.6) is 0 Å². The first kappa shape index (κ1) is 22.4. The van der Waals surface area contributed by atoms with E-state index in [-0.39, 0.29) is 42.7 Å². The van der Waals surface area contributed by atoms with Crippen LogP contribution in [0.4, 0.5) is 0 Å². The van der Waals surface area contributed by atoms with E-state index in [2.05, 4.69) is 4.98 Å². The zero-order valence-corrected chi connectivity index (χ0v) is 18.4. The number of aromatic amines is 1. The number of benzene rings is 1. The minimum atomic E-state index is -0.597. The number of fused-ring (bicyclic) bond motifs is 1. The fourth-order valence-corrected chi connectivity index (χ4v) is 4.06. The Labute approximate surface area is 190 Å². The first-order valence-electron chi connectivity index (χ1n) is 11.0. The molecular formula is C24H25N3O6. The fraction of sp³-hybridized carbons (Fsp3) is 0.375. The third-order valence-corrected chi connectivity index (χ3v) is 5.88. The smallest absolute Gasteiger partial charge is 0.306 e. The lowest BCUT2D eigenvalue weighted by atomic mass is 10.1. The van der Waals surface area contributed by atoms with Crippen molar-refractivity contribution < 1.29 is 28.7 Å². The molecule has 0 radical (unpaired) electrons. The Morgan fingerprint density at radius 1 is 1.03 bits per heavy atom. The van der Waals surface area contributed by atoms with E-state index in [4.69, 9.17) is 4.74 Å². The van der Waals surface area contributed by atoms with Gasteiger partial charge in [0.05, 0.1) is 11.1 Å². The Hall–Kier alpha value is -3.75. The van der Waals surface area contributed by atoms with Gasteiger partial charge in [-0.25, -0.2) is 0 Å². The molecule has 33 heavy (non-hydrogen) atoms. The zero-order chi connectivity index (χ0) is 23.5. The summed E-state index contributed by atoms with van der Waals surface area (Å²) in [4.78, 5) is 67.2.